The van der Waals surface area contributed by atoms with Gasteiger partial charge in [-0.1, -0.05) is 232 Å². The zero-order valence-electron chi connectivity index (χ0n) is 40.1. The van der Waals surface area contributed by atoms with Gasteiger partial charge in [-0.2, -0.15) is 0 Å². The quantitative estimate of drug-likeness (QED) is 0.171. The van der Waals surface area contributed by atoms with Crippen molar-refractivity contribution < 1.29 is 0 Å². The maximum absolute atomic E-state index is 2.61. The average Bonchev–Trinajstić information content (AvgIpc) is 4.08. The lowest BCUT2D eigenvalue weighted by molar-refractivity contribution is 0.660. The van der Waals surface area contributed by atoms with Gasteiger partial charge < -0.3 is 4.90 Å². The number of rotatable bonds is 3. The van der Waals surface area contributed by atoms with Gasteiger partial charge in [0.1, 0.15) is 0 Å². The van der Waals surface area contributed by atoms with E-state index in [1.807, 2.05) is 0 Å². The summed E-state index contributed by atoms with van der Waals surface area (Å²) in [4.78, 5) is 2.61. The van der Waals surface area contributed by atoms with Crippen molar-refractivity contribution in [1.29, 1.82) is 0 Å². The van der Waals surface area contributed by atoms with Crippen molar-refractivity contribution in [1.82, 2.24) is 0 Å². The van der Waals surface area contributed by atoms with Crippen LogP contribution in [-0.2, 0) is 16.2 Å². The predicted molar refractivity (Wildman–Crippen MR) is 297 cm³/mol. The zero-order chi connectivity index (χ0) is 47.5. The molecule has 5 aliphatic rings. The van der Waals surface area contributed by atoms with Gasteiger partial charge in [0.2, 0.25) is 0 Å². The Morgan fingerprint density at radius 1 is 0.236 bits per heavy atom. The predicted octanol–water partition coefficient (Wildman–Crippen LogP) is 17.8. The van der Waals surface area contributed by atoms with Crippen molar-refractivity contribution in [3.8, 4) is 66.8 Å². The first-order chi connectivity index (χ1) is 35.5. The zero-order valence-corrected chi connectivity index (χ0v) is 40.1. The molecule has 1 nitrogen and oxygen atoms in total. The molecule has 2 spiro atoms. The van der Waals surface area contributed by atoms with Gasteiger partial charge in [-0.15, -0.1) is 0 Å². The van der Waals surface area contributed by atoms with Gasteiger partial charge in [0.15, 0.2) is 0 Å². The fraction of sp³-hybridized carbons (Fsp3) is 0.0704. The molecule has 1 heteroatoms. The first kappa shape index (κ1) is 40.0. The highest BCUT2D eigenvalue weighted by Crippen LogP contribution is 2.66. The molecule has 0 heterocycles. The molecule has 0 saturated heterocycles. The Labute approximate surface area is 421 Å². The second kappa shape index (κ2) is 14.2. The minimum Gasteiger partial charge on any atom is -0.310 e. The van der Waals surface area contributed by atoms with Gasteiger partial charge in [-0.05, 0) is 147 Å². The van der Waals surface area contributed by atoms with Crippen LogP contribution >= 0.6 is 0 Å². The summed E-state index contributed by atoms with van der Waals surface area (Å²) in [5.41, 5.74) is 31.0. The van der Waals surface area contributed by atoms with Gasteiger partial charge >= 0.3 is 0 Å². The summed E-state index contributed by atoms with van der Waals surface area (Å²) < 4.78 is 0. The molecule has 0 bridgehead atoms. The van der Waals surface area contributed by atoms with Crippen LogP contribution in [-0.4, -0.2) is 0 Å². The van der Waals surface area contributed by atoms with E-state index in [-0.39, 0.29) is 5.41 Å². The van der Waals surface area contributed by atoms with Crippen LogP contribution in [0.15, 0.2) is 249 Å². The smallest absolute Gasteiger partial charge is 0.0726 e. The van der Waals surface area contributed by atoms with Gasteiger partial charge in [0.25, 0.3) is 0 Å². The van der Waals surface area contributed by atoms with Crippen molar-refractivity contribution in [3.05, 3.63) is 304 Å². The summed E-state index contributed by atoms with van der Waals surface area (Å²) in [6.45, 7) is 4.80. The standard InChI is InChI=1S/C71H47N/c1-69(2)57-29-12-5-24-50(57)54-40-38-44(42-65(54)69)72(45-39-41-55-53-27-10-17-34-62(53)71(66(55)43-45)60-32-15-8-25-51(60)52-26-9-16-33-61(52)71)67-37-19-36-64-68(67)56-28-11-18-35-63(56)70(64)58-30-13-6-22-48(58)46-20-3-4-21-47(46)49-23-7-14-31-59(49)70/h3-43H,1-2H3. The Kier molecular flexibility index (Phi) is 7.88. The Morgan fingerprint density at radius 2 is 0.542 bits per heavy atom. The minimum absolute atomic E-state index is 0.188. The molecular formula is C71H47N. The Morgan fingerprint density at radius 3 is 1.01 bits per heavy atom. The summed E-state index contributed by atoms with van der Waals surface area (Å²) >= 11 is 0. The molecule has 16 rings (SSSR count). The summed E-state index contributed by atoms with van der Waals surface area (Å²) in [6, 6.07) is 95.0. The second-order valence-electron chi connectivity index (χ2n) is 21.0. The topological polar surface area (TPSA) is 3.24 Å². The third kappa shape index (κ3) is 4.79. The van der Waals surface area contributed by atoms with E-state index in [0.29, 0.717) is 0 Å². The Bertz CT molecular complexity index is 4030. The second-order valence-corrected chi connectivity index (χ2v) is 21.0. The number of anilines is 3. The van der Waals surface area contributed by atoms with Gasteiger partial charge in [-0.3, -0.25) is 0 Å². The highest BCUT2D eigenvalue weighted by atomic mass is 15.1. The number of fused-ring (bicyclic) bond motifs is 25. The molecule has 0 aliphatic heterocycles. The summed E-state index contributed by atoms with van der Waals surface area (Å²) in [5.74, 6) is 0. The van der Waals surface area contributed by atoms with Gasteiger partial charge in [0.05, 0.1) is 16.5 Å². The Balaban J connectivity index is 1.01. The summed E-state index contributed by atoms with van der Waals surface area (Å²) in [6.07, 6.45) is 0. The third-order valence-electron chi connectivity index (χ3n) is 17.5. The van der Waals surface area contributed by atoms with Crippen LogP contribution in [0.1, 0.15) is 69.5 Å². The molecule has 11 aromatic rings. The number of hydrogen-bond donors (Lipinski definition) is 0. The molecule has 11 aromatic carbocycles. The lowest BCUT2D eigenvalue weighted by Crippen LogP contribution is -2.29. The maximum Gasteiger partial charge on any atom is 0.0726 e. The maximum atomic E-state index is 2.61. The first-order valence-corrected chi connectivity index (χ1v) is 25.5. The van der Waals surface area contributed by atoms with Crippen molar-refractivity contribution in [2.24, 2.45) is 0 Å². The van der Waals surface area contributed by atoms with Crippen LogP contribution in [0, 0.1) is 0 Å². The molecule has 0 unspecified atom stereocenters. The molecule has 0 atom stereocenters. The van der Waals surface area contributed by atoms with E-state index in [0.717, 1.165) is 11.4 Å². The molecule has 0 aromatic heterocycles. The monoisotopic (exact) mass is 913 g/mol. The van der Waals surface area contributed by atoms with E-state index in [2.05, 4.69) is 267 Å². The van der Waals surface area contributed by atoms with Crippen LogP contribution in [0.2, 0.25) is 0 Å². The molecule has 0 fully saturated rings. The van der Waals surface area contributed by atoms with Crippen molar-refractivity contribution >= 4 is 17.1 Å². The lowest BCUT2D eigenvalue weighted by atomic mass is 9.66. The highest BCUT2D eigenvalue weighted by molar-refractivity contribution is 6.03. The highest BCUT2D eigenvalue weighted by Gasteiger charge is 2.53. The SMILES string of the molecule is CC1(C)c2ccccc2-c2ccc(N(c3ccc4c(c3)C3(c5ccccc5-c5ccccc53)c3ccccc3-4)c3cccc4c3-c3ccccc3C43c4ccccc4-c4ccccc4-c4ccccc43)cc21. The fourth-order valence-corrected chi connectivity index (χ4v) is 14.7. The van der Waals surface area contributed by atoms with Crippen LogP contribution in [0.3, 0.4) is 0 Å². The van der Waals surface area contributed by atoms with Crippen molar-refractivity contribution in [2.75, 3.05) is 4.90 Å². The molecular weight excluding hydrogens is 867 g/mol. The van der Waals surface area contributed by atoms with Gasteiger partial charge in [0, 0.05) is 22.4 Å². The number of benzene rings is 11. The van der Waals surface area contributed by atoms with E-state index in [1.54, 1.807) is 0 Å². The molecule has 5 aliphatic carbocycles. The molecule has 0 amide bonds. The summed E-state index contributed by atoms with van der Waals surface area (Å²) in [7, 11) is 0. The summed E-state index contributed by atoms with van der Waals surface area (Å²) in [5, 5.41) is 0. The first-order valence-electron chi connectivity index (χ1n) is 25.5. The average molecular weight is 914 g/mol. The van der Waals surface area contributed by atoms with Crippen LogP contribution < -0.4 is 4.90 Å². The Hall–Kier alpha value is -8.78. The van der Waals surface area contributed by atoms with Crippen LogP contribution in [0.25, 0.3) is 66.8 Å². The van der Waals surface area contributed by atoms with E-state index in [9.17, 15) is 0 Å². The fourth-order valence-electron chi connectivity index (χ4n) is 14.7. The molecule has 0 radical (unpaired) electrons. The minimum atomic E-state index is -0.609. The van der Waals surface area contributed by atoms with E-state index in [4.69, 9.17) is 0 Å². The largest absolute Gasteiger partial charge is 0.310 e. The molecule has 72 heavy (non-hydrogen) atoms. The normalized spacial score (nSPS) is 15.1. The van der Waals surface area contributed by atoms with Crippen LogP contribution in [0.4, 0.5) is 17.1 Å². The molecule has 0 saturated carbocycles. The third-order valence-corrected chi connectivity index (χ3v) is 17.5. The lowest BCUT2D eigenvalue weighted by Gasteiger charge is -2.36. The van der Waals surface area contributed by atoms with E-state index >= 15 is 0 Å². The molecule has 0 N–H and O–H groups in total. The van der Waals surface area contributed by atoms with Gasteiger partial charge in [-0.25, -0.2) is 0 Å². The molecule has 336 valence electrons. The number of hydrogen-bond acceptors (Lipinski definition) is 1. The van der Waals surface area contributed by atoms with Crippen molar-refractivity contribution in [2.45, 2.75) is 30.1 Å². The van der Waals surface area contributed by atoms with Crippen molar-refractivity contribution in [3.63, 3.8) is 0 Å². The van der Waals surface area contributed by atoms with E-state index < -0.39 is 10.8 Å². The number of nitrogens with zero attached hydrogens (tertiary/aromatic N) is 1. The van der Waals surface area contributed by atoms with Crippen LogP contribution in [0.5, 0.6) is 0 Å². The van der Waals surface area contributed by atoms with E-state index in [1.165, 1.54) is 128 Å².